The molecule has 0 saturated heterocycles. The number of aromatic nitrogens is 4. The van der Waals surface area contributed by atoms with Crippen molar-refractivity contribution in [1.29, 1.82) is 0 Å². The van der Waals surface area contributed by atoms with E-state index in [1.807, 2.05) is 41.7 Å². The van der Waals surface area contributed by atoms with Crippen LogP contribution < -0.4 is 4.74 Å². The molecule has 11 aromatic rings. The highest BCUT2D eigenvalue weighted by Gasteiger charge is 2.25. The van der Waals surface area contributed by atoms with E-state index in [0.717, 1.165) is 44.7 Å². The summed E-state index contributed by atoms with van der Waals surface area (Å²) >= 11 is 1.85. The van der Waals surface area contributed by atoms with Crippen molar-refractivity contribution < 1.29 is 4.74 Å². The molecule has 4 aromatic heterocycles. The van der Waals surface area contributed by atoms with Crippen molar-refractivity contribution in [3.05, 3.63) is 146 Å². The summed E-state index contributed by atoms with van der Waals surface area (Å²) in [5.74, 6) is 2.26. The van der Waals surface area contributed by atoms with Crippen molar-refractivity contribution in [3.63, 3.8) is 0 Å². The largest absolute Gasteiger partial charge is 0.456 e. The molecule has 5 nitrogen and oxygen atoms in total. The highest BCUT2D eigenvalue weighted by atomic mass is 32.1. The molecular formula is C44H24N4OS. The van der Waals surface area contributed by atoms with Crippen LogP contribution in [-0.4, -0.2) is 19.1 Å². The minimum absolute atomic E-state index is 0.655. The third-order valence-electron chi connectivity index (χ3n) is 10.3. The quantitative estimate of drug-likeness (QED) is 0.186. The van der Waals surface area contributed by atoms with Gasteiger partial charge in [-0.3, -0.25) is 4.57 Å². The van der Waals surface area contributed by atoms with E-state index in [4.69, 9.17) is 14.7 Å². The van der Waals surface area contributed by atoms with Gasteiger partial charge in [0.2, 0.25) is 5.95 Å². The van der Waals surface area contributed by atoms with E-state index in [0.29, 0.717) is 5.95 Å². The van der Waals surface area contributed by atoms with Crippen LogP contribution >= 0.6 is 11.3 Å². The van der Waals surface area contributed by atoms with E-state index in [-0.39, 0.29) is 0 Å². The van der Waals surface area contributed by atoms with Crippen molar-refractivity contribution >= 4 is 86.0 Å². The van der Waals surface area contributed by atoms with Gasteiger partial charge < -0.3 is 9.30 Å². The standard InChI is InChI=1S/C44H24N4OS/c1-2-11-25(12-3-1)47-34-17-7-4-13-26(34)29-21-31-32-22-30-27-14-5-8-18-35(27)48(37(30)24-41(32)50-40(31)23-36(29)47)44-45-33-16-10-20-39-42(33)43(46-44)28-15-6-9-19-38(28)49-39/h1-24H. The van der Waals surface area contributed by atoms with Crippen molar-refractivity contribution in [2.45, 2.75) is 0 Å². The Morgan fingerprint density at radius 2 is 1.08 bits per heavy atom. The van der Waals surface area contributed by atoms with E-state index in [1.54, 1.807) is 0 Å². The minimum Gasteiger partial charge on any atom is -0.456 e. The molecule has 1 aliphatic rings. The number of hydrogen-bond acceptors (Lipinski definition) is 4. The normalized spacial score (nSPS) is 12.6. The predicted molar refractivity (Wildman–Crippen MR) is 207 cm³/mol. The van der Waals surface area contributed by atoms with Crippen molar-refractivity contribution in [3.8, 4) is 34.4 Å². The van der Waals surface area contributed by atoms with E-state index < -0.39 is 0 Å². The smallest absolute Gasteiger partial charge is 0.235 e. The van der Waals surface area contributed by atoms with Crippen LogP contribution in [0.25, 0.3) is 97.6 Å². The number of para-hydroxylation sites is 4. The second kappa shape index (κ2) is 9.56. The first-order valence-corrected chi connectivity index (χ1v) is 17.6. The van der Waals surface area contributed by atoms with Gasteiger partial charge in [-0.2, -0.15) is 0 Å². The second-order valence-corrected chi connectivity index (χ2v) is 14.1. The Kier molecular flexibility index (Phi) is 5.06. The van der Waals surface area contributed by atoms with Crippen molar-refractivity contribution in [2.75, 3.05) is 0 Å². The van der Waals surface area contributed by atoms with Gasteiger partial charge in [0, 0.05) is 53.0 Å². The molecule has 12 rings (SSSR count). The summed E-state index contributed by atoms with van der Waals surface area (Å²) in [5.41, 5.74) is 8.53. The Morgan fingerprint density at radius 1 is 0.460 bits per heavy atom. The maximum atomic E-state index is 6.29. The lowest BCUT2D eigenvalue weighted by atomic mass is 10.0. The molecule has 0 aliphatic carbocycles. The maximum absolute atomic E-state index is 6.29. The lowest BCUT2D eigenvalue weighted by Crippen LogP contribution is -2.06. The Morgan fingerprint density at radius 3 is 1.84 bits per heavy atom. The second-order valence-electron chi connectivity index (χ2n) is 13.0. The average Bonchev–Trinajstić information content (AvgIpc) is 3.80. The molecular weight excluding hydrogens is 633 g/mol. The molecule has 0 spiro atoms. The molecule has 1 aliphatic heterocycles. The van der Waals surface area contributed by atoms with Crippen LogP contribution in [0.3, 0.4) is 0 Å². The van der Waals surface area contributed by atoms with Gasteiger partial charge >= 0.3 is 0 Å². The SMILES string of the molecule is c1ccc(-n2c3ccccc3c3cc4c(cc32)sc2cc3c(cc24)c2ccccc2n3-c2nc3c4c(cccc4n2)Oc2ccccc2-3)cc1. The van der Waals surface area contributed by atoms with Crippen molar-refractivity contribution in [2.24, 2.45) is 0 Å². The number of nitrogens with zero attached hydrogens (tertiary/aromatic N) is 4. The molecule has 0 saturated carbocycles. The van der Waals surface area contributed by atoms with E-state index in [2.05, 4.69) is 124 Å². The average molecular weight is 657 g/mol. The Labute approximate surface area is 288 Å². The van der Waals surface area contributed by atoms with E-state index >= 15 is 0 Å². The van der Waals surface area contributed by atoms with Crippen LogP contribution in [0.1, 0.15) is 0 Å². The molecule has 7 aromatic carbocycles. The fourth-order valence-electron chi connectivity index (χ4n) is 8.16. The third kappa shape index (κ3) is 3.45. The Hall–Kier alpha value is -6.50. The van der Waals surface area contributed by atoms with Crippen LogP contribution in [0.5, 0.6) is 11.5 Å². The van der Waals surface area contributed by atoms with Crippen molar-refractivity contribution in [1.82, 2.24) is 19.1 Å². The Balaban J connectivity index is 1.16. The maximum Gasteiger partial charge on any atom is 0.235 e. The van der Waals surface area contributed by atoms with Crippen LogP contribution in [-0.2, 0) is 0 Å². The molecule has 232 valence electrons. The fourth-order valence-corrected chi connectivity index (χ4v) is 9.30. The number of thiophene rings is 1. The lowest BCUT2D eigenvalue weighted by Gasteiger charge is -2.20. The number of benzene rings is 7. The molecule has 0 unspecified atom stereocenters. The number of rotatable bonds is 2. The molecule has 5 heterocycles. The third-order valence-corrected chi connectivity index (χ3v) is 11.4. The molecule has 0 bridgehead atoms. The fraction of sp³-hybridized carbons (Fsp3) is 0. The van der Waals surface area contributed by atoms with Gasteiger partial charge in [-0.15, -0.1) is 11.3 Å². The first-order valence-electron chi connectivity index (χ1n) is 16.7. The minimum atomic E-state index is 0.655. The van der Waals surface area contributed by atoms with Gasteiger partial charge in [0.15, 0.2) is 0 Å². The monoisotopic (exact) mass is 656 g/mol. The number of ether oxygens (including phenoxy) is 1. The number of fused-ring (bicyclic) bond motifs is 11. The summed E-state index contributed by atoms with van der Waals surface area (Å²) in [6.45, 7) is 0. The first-order chi connectivity index (χ1) is 24.8. The molecule has 0 radical (unpaired) electrons. The molecule has 6 heteroatoms. The summed E-state index contributed by atoms with van der Waals surface area (Å²) in [6.07, 6.45) is 0. The zero-order valence-electron chi connectivity index (χ0n) is 26.5. The highest BCUT2D eigenvalue weighted by molar-refractivity contribution is 7.26. The van der Waals surface area contributed by atoms with Gasteiger partial charge in [-0.1, -0.05) is 72.8 Å². The zero-order chi connectivity index (χ0) is 32.5. The van der Waals surface area contributed by atoms with Crippen LogP contribution in [0.15, 0.2) is 146 Å². The van der Waals surface area contributed by atoms with Gasteiger partial charge in [0.1, 0.15) is 11.5 Å². The van der Waals surface area contributed by atoms with E-state index in [1.165, 1.54) is 58.4 Å². The molecule has 50 heavy (non-hydrogen) atoms. The van der Waals surface area contributed by atoms with Gasteiger partial charge in [-0.25, -0.2) is 9.97 Å². The Bertz CT molecular complexity index is 3240. The van der Waals surface area contributed by atoms with E-state index in [9.17, 15) is 0 Å². The lowest BCUT2D eigenvalue weighted by molar-refractivity contribution is 0.486. The summed E-state index contributed by atoms with van der Waals surface area (Å²) in [4.78, 5) is 10.5. The van der Waals surface area contributed by atoms with Gasteiger partial charge in [-0.05, 0) is 72.8 Å². The van der Waals surface area contributed by atoms with Gasteiger partial charge in [0.25, 0.3) is 0 Å². The molecule has 0 amide bonds. The molecule has 0 fully saturated rings. The molecule has 0 N–H and O–H groups in total. The zero-order valence-corrected chi connectivity index (χ0v) is 27.3. The number of hydrogen-bond donors (Lipinski definition) is 0. The summed E-state index contributed by atoms with van der Waals surface area (Å²) < 4.78 is 13.4. The highest BCUT2D eigenvalue weighted by Crippen LogP contribution is 2.47. The first kappa shape index (κ1) is 26.5. The predicted octanol–water partition coefficient (Wildman–Crippen LogP) is 12.0. The summed E-state index contributed by atoms with van der Waals surface area (Å²) in [7, 11) is 0. The topological polar surface area (TPSA) is 44.9 Å². The van der Waals surface area contributed by atoms with Crippen LogP contribution in [0.2, 0.25) is 0 Å². The van der Waals surface area contributed by atoms with Crippen LogP contribution in [0.4, 0.5) is 0 Å². The summed E-state index contributed by atoms with van der Waals surface area (Å²) in [5, 5.41) is 8.39. The molecule has 0 atom stereocenters. The van der Waals surface area contributed by atoms with Crippen LogP contribution in [0, 0.1) is 0 Å². The van der Waals surface area contributed by atoms with Gasteiger partial charge in [0.05, 0.1) is 38.7 Å². The summed E-state index contributed by atoms with van der Waals surface area (Å²) in [6, 6.07) is 51.7.